The number of aromatic nitrogens is 4. The van der Waals surface area contributed by atoms with Crippen molar-refractivity contribution < 1.29 is 28.5 Å². The zero-order chi connectivity index (χ0) is 28.7. The predicted octanol–water partition coefficient (Wildman–Crippen LogP) is 1.97. The molecule has 0 spiro atoms. The summed E-state index contributed by atoms with van der Waals surface area (Å²) >= 11 is 0. The molecule has 0 atom stereocenters. The Labute approximate surface area is 237 Å². The second kappa shape index (κ2) is 13.4. The van der Waals surface area contributed by atoms with Gasteiger partial charge in [0.1, 0.15) is 5.82 Å². The number of anilines is 1. The molecule has 2 aliphatic rings. The van der Waals surface area contributed by atoms with Crippen LogP contribution in [0.1, 0.15) is 25.5 Å². The number of H-pyrrole nitrogens is 1. The number of nitrogens with one attached hydrogen (secondary N) is 3. The molecule has 0 radical (unpaired) electrons. The summed E-state index contributed by atoms with van der Waals surface area (Å²) in [5.74, 6) is 0.272. The molecule has 4 N–H and O–H groups in total. The van der Waals surface area contributed by atoms with Crippen LogP contribution >= 0.6 is 0 Å². The van der Waals surface area contributed by atoms with E-state index in [4.69, 9.17) is 29.3 Å². The Morgan fingerprint density at radius 3 is 2.63 bits per heavy atom. The molecule has 0 bridgehead atoms. The van der Waals surface area contributed by atoms with Gasteiger partial charge in [0.2, 0.25) is 18.1 Å². The molecule has 2 aliphatic heterocycles. The quantitative estimate of drug-likeness (QED) is 0.253. The third-order valence-electron chi connectivity index (χ3n) is 7.06. The zero-order valence-corrected chi connectivity index (χ0v) is 23.1. The maximum absolute atomic E-state index is 13.7. The van der Waals surface area contributed by atoms with Crippen LogP contribution in [0, 0.1) is 11.2 Å². The number of aliphatic hydroxyl groups is 1. The van der Waals surface area contributed by atoms with Crippen LogP contribution in [0.5, 0.6) is 0 Å². The van der Waals surface area contributed by atoms with Gasteiger partial charge in [-0.15, -0.1) is 0 Å². The van der Waals surface area contributed by atoms with Gasteiger partial charge in [0, 0.05) is 37.9 Å². The van der Waals surface area contributed by atoms with Crippen molar-refractivity contribution in [2.75, 3.05) is 71.1 Å². The largest absolute Gasteiger partial charge is 0.395 e. The molecule has 4 heterocycles. The summed E-state index contributed by atoms with van der Waals surface area (Å²) < 4.78 is 31.0. The van der Waals surface area contributed by atoms with Gasteiger partial charge >= 0.3 is 0 Å². The number of aromatic amines is 1. The monoisotopic (exact) mass is 569 g/mol. The maximum atomic E-state index is 13.7. The Morgan fingerprint density at radius 2 is 1.90 bits per heavy atom. The first-order valence-corrected chi connectivity index (χ1v) is 13.8. The number of amides is 1. The fourth-order valence-corrected chi connectivity index (χ4v) is 4.70. The SMILES string of the molecule is CC1(C(=O)NCCO)COC(c2nc(-c3ccc(F)cc3)c(-c3ccnc(NCCCN4CCOCC4)n3)[nH]2)OC1. The second-order valence-electron chi connectivity index (χ2n) is 10.3. The van der Waals surface area contributed by atoms with Gasteiger partial charge in [-0.3, -0.25) is 9.69 Å². The number of aliphatic hydroxyl groups excluding tert-OH is 1. The van der Waals surface area contributed by atoms with Crippen LogP contribution in [0.4, 0.5) is 10.3 Å². The van der Waals surface area contributed by atoms with E-state index in [1.54, 1.807) is 31.3 Å². The summed E-state index contributed by atoms with van der Waals surface area (Å²) in [4.78, 5) is 32.0. The van der Waals surface area contributed by atoms with Crippen LogP contribution in [0.15, 0.2) is 36.5 Å². The van der Waals surface area contributed by atoms with Gasteiger partial charge in [-0.1, -0.05) is 0 Å². The fourth-order valence-electron chi connectivity index (χ4n) is 4.70. The molecule has 2 fully saturated rings. The van der Waals surface area contributed by atoms with E-state index in [2.05, 4.69) is 25.5 Å². The normalized spacial score (nSPS) is 21.5. The molecule has 13 heteroatoms. The van der Waals surface area contributed by atoms with Crippen molar-refractivity contribution >= 4 is 11.9 Å². The van der Waals surface area contributed by atoms with Crippen LogP contribution in [-0.2, 0) is 19.0 Å². The summed E-state index contributed by atoms with van der Waals surface area (Å²) in [5, 5.41) is 15.0. The lowest BCUT2D eigenvalue weighted by Gasteiger charge is -2.35. The van der Waals surface area contributed by atoms with Crippen molar-refractivity contribution in [2.45, 2.75) is 19.6 Å². The number of halogens is 1. The molecule has 3 aromatic rings. The van der Waals surface area contributed by atoms with E-state index in [-0.39, 0.29) is 38.1 Å². The highest BCUT2D eigenvalue weighted by atomic mass is 19.1. The van der Waals surface area contributed by atoms with Gasteiger partial charge in [0.05, 0.1) is 55.5 Å². The molecule has 2 aromatic heterocycles. The number of ether oxygens (including phenoxy) is 3. The minimum atomic E-state index is -0.907. The molecule has 5 rings (SSSR count). The van der Waals surface area contributed by atoms with Crippen LogP contribution in [0.25, 0.3) is 22.6 Å². The van der Waals surface area contributed by atoms with Crippen molar-refractivity contribution in [3.8, 4) is 22.6 Å². The first kappa shape index (κ1) is 29.0. The number of nitrogens with zero attached hydrogens (tertiary/aromatic N) is 4. The van der Waals surface area contributed by atoms with Crippen molar-refractivity contribution in [1.82, 2.24) is 30.2 Å². The van der Waals surface area contributed by atoms with Gasteiger partial charge < -0.3 is 34.9 Å². The molecule has 0 aliphatic carbocycles. The number of carbonyl (C=O) groups is 1. The van der Waals surface area contributed by atoms with Crippen LogP contribution in [0.2, 0.25) is 0 Å². The van der Waals surface area contributed by atoms with Gasteiger partial charge in [0.15, 0.2) is 5.82 Å². The summed E-state index contributed by atoms with van der Waals surface area (Å²) in [5.41, 5.74) is 1.53. The highest BCUT2D eigenvalue weighted by Crippen LogP contribution is 2.35. The molecular weight excluding hydrogens is 533 g/mol. The number of hydrogen-bond donors (Lipinski definition) is 4. The molecule has 2 saturated heterocycles. The minimum absolute atomic E-state index is 0.100. The van der Waals surface area contributed by atoms with Crippen molar-refractivity contribution in [3.63, 3.8) is 0 Å². The van der Waals surface area contributed by atoms with E-state index in [9.17, 15) is 9.18 Å². The highest BCUT2D eigenvalue weighted by Gasteiger charge is 2.40. The van der Waals surface area contributed by atoms with E-state index in [0.717, 1.165) is 39.3 Å². The summed E-state index contributed by atoms with van der Waals surface area (Å²) in [7, 11) is 0. The lowest BCUT2D eigenvalue weighted by molar-refractivity contribution is -0.231. The Morgan fingerprint density at radius 1 is 1.15 bits per heavy atom. The molecular formula is C28H36FN7O5. The van der Waals surface area contributed by atoms with Crippen molar-refractivity contribution in [1.29, 1.82) is 0 Å². The highest BCUT2D eigenvalue weighted by molar-refractivity contribution is 5.82. The number of benzene rings is 1. The lowest BCUT2D eigenvalue weighted by atomic mass is 9.91. The van der Waals surface area contributed by atoms with E-state index >= 15 is 0 Å². The molecule has 0 saturated carbocycles. The van der Waals surface area contributed by atoms with E-state index in [1.165, 1.54) is 12.1 Å². The Bertz CT molecular complexity index is 1290. The van der Waals surface area contributed by atoms with E-state index in [0.29, 0.717) is 41.0 Å². The van der Waals surface area contributed by atoms with E-state index < -0.39 is 11.7 Å². The maximum Gasteiger partial charge on any atom is 0.230 e. The average molecular weight is 570 g/mol. The molecule has 41 heavy (non-hydrogen) atoms. The number of morpholine rings is 1. The first-order chi connectivity index (χ1) is 19.9. The number of hydrogen-bond acceptors (Lipinski definition) is 10. The predicted molar refractivity (Wildman–Crippen MR) is 148 cm³/mol. The molecule has 0 unspecified atom stereocenters. The second-order valence-corrected chi connectivity index (χ2v) is 10.3. The summed E-state index contributed by atoms with van der Waals surface area (Å²) in [6, 6.07) is 7.82. The van der Waals surface area contributed by atoms with Crippen LogP contribution in [0.3, 0.4) is 0 Å². The van der Waals surface area contributed by atoms with Gasteiger partial charge in [-0.05, 0) is 50.2 Å². The number of carbonyl (C=O) groups excluding carboxylic acids is 1. The molecule has 12 nitrogen and oxygen atoms in total. The summed E-state index contributed by atoms with van der Waals surface area (Å²) in [6.45, 7) is 7.08. The zero-order valence-electron chi connectivity index (χ0n) is 23.1. The standard InChI is InChI=1S/C28H36FN7O5/c1-28(26(38)30-10-14-37)17-40-25(41-18-28)24-34-22(19-3-5-20(29)6-4-19)23(35-24)21-7-9-32-27(33-21)31-8-2-11-36-12-15-39-16-13-36/h3-7,9,25,37H,2,8,10-18H2,1H3,(H,30,38)(H,34,35)(H,31,32,33). The fraction of sp³-hybridized carbons (Fsp3) is 0.500. The average Bonchev–Trinajstić information content (AvgIpc) is 3.45. The van der Waals surface area contributed by atoms with Crippen LogP contribution in [-0.4, -0.2) is 102 Å². The van der Waals surface area contributed by atoms with Gasteiger partial charge in [-0.2, -0.15) is 0 Å². The van der Waals surface area contributed by atoms with E-state index in [1.807, 2.05) is 0 Å². The molecule has 220 valence electrons. The van der Waals surface area contributed by atoms with Crippen molar-refractivity contribution in [3.05, 3.63) is 48.2 Å². The van der Waals surface area contributed by atoms with Crippen LogP contribution < -0.4 is 10.6 Å². The third kappa shape index (κ3) is 7.24. The van der Waals surface area contributed by atoms with Gasteiger partial charge in [0.25, 0.3) is 0 Å². The number of rotatable bonds is 11. The lowest BCUT2D eigenvalue weighted by Crippen LogP contribution is -2.49. The third-order valence-corrected chi connectivity index (χ3v) is 7.06. The smallest absolute Gasteiger partial charge is 0.230 e. The number of imidazole rings is 1. The Balaban J connectivity index is 1.32. The summed E-state index contributed by atoms with van der Waals surface area (Å²) in [6.07, 6.45) is 1.77. The Kier molecular flexibility index (Phi) is 9.52. The minimum Gasteiger partial charge on any atom is -0.395 e. The van der Waals surface area contributed by atoms with Crippen molar-refractivity contribution in [2.24, 2.45) is 5.41 Å². The molecule has 1 amide bonds. The topological polar surface area (TPSA) is 147 Å². The van der Waals surface area contributed by atoms with Gasteiger partial charge in [-0.25, -0.2) is 19.3 Å². The molecule has 1 aromatic carbocycles. The Hall–Kier alpha value is -3.49. The first-order valence-electron chi connectivity index (χ1n) is 13.8.